The number of amides is 1. The third-order valence-corrected chi connectivity index (χ3v) is 7.58. The minimum Gasteiger partial charge on any atom is -0.454 e. The molecule has 1 saturated carbocycles. The average Bonchev–Trinajstić information content (AvgIpc) is 2.85. The molecule has 1 aromatic heterocycles. The Morgan fingerprint density at radius 2 is 1.82 bits per heavy atom. The maximum Gasteiger partial charge on any atom is 0.343 e. The molecule has 2 aromatic rings. The lowest BCUT2D eigenvalue weighted by atomic mass is 9.73. The van der Waals surface area contributed by atoms with Crippen LogP contribution in [0.4, 0.5) is 0 Å². The average molecular weight is 468 g/mol. The minimum atomic E-state index is -1.68. The predicted octanol–water partition coefficient (Wildman–Crippen LogP) is 2.62. The van der Waals surface area contributed by atoms with Crippen molar-refractivity contribution in [3.05, 3.63) is 59.9 Å². The van der Waals surface area contributed by atoms with Gasteiger partial charge >= 0.3 is 5.97 Å². The maximum absolute atomic E-state index is 13.6. The monoisotopic (exact) mass is 467 g/mol. The van der Waals surface area contributed by atoms with E-state index in [4.69, 9.17) is 10.5 Å². The summed E-state index contributed by atoms with van der Waals surface area (Å²) in [5.74, 6) is -1.27. The first-order chi connectivity index (χ1) is 16.3. The first-order valence-electron chi connectivity index (χ1n) is 12.2. The van der Waals surface area contributed by atoms with Crippen LogP contribution in [-0.4, -0.2) is 57.9 Å². The highest BCUT2D eigenvalue weighted by Crippen LogP contribution is 2.41. The molecule has 1 aromatic carbocycles. The van der Waals surface area contributed by atoms with Crippen LogP contribution in [0.3, 0.4) is 0 Å². The van der Waals surface area contributed by atoms with Crippen LogP contribution in [0.5, 0.6) is 0 Å². The van der Waals surface area contributed by atoms with E-state index in [-0.39, 0.29) is 10.4 Å². The van der Waals surface area contributed by atoms with Gasteiger partial charge in [0.2, 0.25) is 6.04 Å². The molecule has 2 fully saturated rings. The molecule has 0 spiro atoms. The lowest BCUT2D eigenvalue weighted by Crippen LogP contribution is -2.59. The van der Waals surface area contributed by atoms with Gasteiger partial charge in [0.15, 0.2) is 11.7 Å². The molecule has 0 radical (unpaired) electrons. The molecule has 4 rings (SSSR count). The van der Waals surface area contributed by atoms with E-state index in [9.17, 15) is 14.7 Å². The summed E-state index contributed by atoms with van der Waals surface area (Å²) in [5.41, 5.74) is 5.21. The number of likely N-dealkylation sites (tertiary alicyclic amines) is 1. The first-order valence-corrected chi connectivity index (χ1v) is 12.2. The van der Waals surface area contributed by atoms with Crippen molar-refractivity contribution in [2.75, 3.05) is 20.1 Å². The van der Waals surface area contributed by atoms with Gasteiger partial charge in [0.1, 0.15) is 12.2 Å². The summed E-state index contributed by atoms with van der Waals surface area (Å²) in [7, 11) is 1.94. The van der Waals surface area contributed by atoms with Gasteiger partial charge in [-0.25, -0.2) is 4.79 Å². The molecule has 1 saturated heterocycles. The Morgan fingerprint density at radius 3 is 2.47 bits per heavy atom. The van der Waals surface area contributed by atoms with Crippen LogP contribution in [0, 0.1) is 5.92 Å². The van der Waals surface area contributed by atoms with Crippen molar-refractivity contribution in [3.63, 3.8) is 0 Å². The Bertz CT molecular complexity index is 983. The van der Waals surface area contributed by atoms with Gasteiger partial charge in [0.05, 0.1) is 13.6 Å². The third-order valence-electron chi connectivity index (χ3n) is 7.58. The largest absolute Gasteiger partial charge is 0.454 e. The smallest absolute Gasteiger partial charge is 0.343 e. The second-order valence-electron chi connectivity index (χ2n) is 9.98. The van der Waals surface area contributed by atoms with E-state index in [1.165, 1.54) is 0 Å². The van der Waals surface area contributed by atoms with Crippen LogP contribution in [-0.2, 0) is 19.9 Å². The topological polar surface area (TPSA) is 115 Å². The van der Waals surface area contributed by atoms with Crippen molar-refractivity contribution in [2.24, 2.45) is 11.7 Å². The van der Waals surface area contributed by atoms with E-state index in [0.29, 0.717) is 30.8 Å². The predicted molar refractivity (Wildman–Crippen MR) is 126 cm³/mol. The van der Waals surface area contributed by atoms with Gasteiger partial charge in [0, 0.05) is 18.5 Å². The fourth-order valence-electron chi connectivity index (χ4n) is 5.86. The van der Waals surface area contributed by atoms with E-state index in [2.05, 4.69) is 10.2 Å². The third kappa shape index (κ3) is 4.83. The van der Waals surface area contributed by atoms with Crippen molar-refractivity contribution in [2.45, 2.75) is 62.7 Å². The Labute approximate surface area is 200 Å². The Morgan fingerprint density at radius 1 is 1.09 bits per heavy atom. The zero-order valence-corrected chi connectivity index (χ0v) is 19.8. The Hall–Kier alpha value is -2.84. The second kappa shape index (κ2) is 10.2. The summed E-state index contributed by atoms with van der Waals surface area (Å²) in [6, 6.07) is 11.9. The van der Waals surface area contributed by atoms with Crippen LogP contribution in [0.2, 0.25) is 0 Å². The quantitative estimate of drug-likeness (QED) is 0.478. The highest BCUT2D eigenvalue weighted by atomic mass is 16.6. The highest BCUT2D eigenvalue weighted by molar-refractivity contribution is 5.82. The number of hydrogen-bond acceptors (Lipinski definition) is 6. The summed E-state index contributed by atoms with van der Waals surface area (Å²) in [6.45, 7) is 1.11. The standard InChI is InChI=1S/C26H34N4O4/c1-30(23(24(27)31)22-15-8-16-28-29-22)17-9-14-21(18-30)34-25(32)26(33,19-10-4-2-5-11-19)20-12-6-3-7-13-20/h2,4-5,8,10-11,15-16,20-21,23,33H,3,6-7,9,12-14,17-18H2,1H3,(H-,27,31)/p+1/t21-,23?,26?,30?/m1/s1. The lowest BCUT2D eigenvalue weighted by molar-refractivity contribution is -0.937. The van der Waals surface area contributed by atoms with Gasteiger partial charge in [-0.2, -0.15) is 5.10 Å². The molecule has 3 unspecified atom stereocenters. The molecule has 8 nitrogen and oxygen atoms in total. The number of esters is 1. The van der Waals surface area contributed by atoms with Gasteiger partial charge in [-0.15, -0.1) is 5.10 Å². The molecule has 34 heavy (non-hydrogen) atoms. The van der Waals surface area contributed by atoms with E-state index in [1.807, 2.05) is 25.2 Å². The number of aliphatic hydroxyl groups is 1. The number of carbonyl (C=O) groups excluding carboxylic acids is 2. The normalized spacial score (nSPS) is 26.2. The van der Waals surface area contributed by atoms with Crippen LogP contribution in [0.1, 0.15) is 62.2 Å². The molecular weight excluding hydrogens is 432 g/mol. The molecule has 0 bridgehead atoms. The number of likely N-dealkylation sites (N-methyl/N-ethyl adjacent to an activating group) is 1. The van der Waals surface area contributed by atoms with Gasteiger partial charge in [0.25, 0.3) is 5.91 Å². The zero-order valence-electron chi connectivity index (χ0n) is 19.8. The van der Waals surface area contributed by atoms with Gasteiger partial charge in [-0.05, 0) is 37.0 Å². The second-order valence-corrected chi connectivity index (χ2v) is 9.98. The van der Waals surface area contributed by atoms with E-state index in [0.717, 1.165) is 38.5 Å². The number of quaternary nitrogens is 1. The minimum absolute atomic E-state index is 0.182. The fourth-order valence-corrected chi connectivity index (χ4v) is 5.86. The van der Waals surface area contributed by atoms with Crippen molar-refractivity contribution in [1.82, 2.24) is 10.2 Å². The number of benzene rings is 1. The van der Waals surface area contributed by atoms with E-state index >= 15 is 0 Å². The SMILES string of the molecule is C[N+]1(C(C(N)=O)c2cccnn2)CCC[C@@H](OC(=O)C(O)(c2ccccc2)C2CCCCC2)C1. The molecule has 182 valence electrons. The van der Waals surface area contributed by atoms with Crippen molar-refractivity contribution in [1.29, 1.82) is 0 Å². The summed E-state index contributed by atoms with van der Waals surface area (Å²) < 4.78 is 6.31. The number of primary amides is 1. The van der Waals surface area contributed by atoms with Crippen LogP contribution >= 0.6 is 0 Å². The molecule has 8 heteroatoms. The fraction of sp³-hybridized carbons (Fsp3) is 0.538. The van der Waals surface area contributed by atoms with Crippen molar-refractivity contribution >= 4 is 11.9 Å². The summed E-state index contributed by atoms with van der Waals surface area (Å²) in [6.07, 6.45) is 7.21. The Kier molecular flexibility index (Phi) is 7.28. The van der Waals surface area contributed by atoms with Crippen molar-refractivity contribution in [3.8, 4) is 0 Å². The number of rotatable bonds is 7. The molecule has 1 aliphatic heterocycles. The molecule has 1 amide bonds. The summed E-state index contributed by atoms with van der Waals surface area (Å²) in [4.78, 5) is 26.1. The van der Waals surface area contributed by atoms with Gasteiger partial charge < -0.3 is 20.1 Å². The molecule has 2 aliphatic rings. The number of aromatic nitrogens is 2. The summed E-state index contributed by atoms with van der Waals surface area (Å²) >= 11 is 0. The zero-order chi connectivity index (χ0) is 24.2. The molecule has 3 N–H and O–H groups in total. The van der Waals surface area contributed by atoms with E-state index in [1.54, 1.807) is 30.5 Å². The Balaban J connectivity index is 1.57. The lowest BCUT2D eigenvalue weighted by Gasteiger charge is -2.45. The van der Waals surface area contributed by atoms with Crippen LogP contribution in [0.25, 0.3) is 0 Å². The number of carbonyl (C=O) groups is 2. The number of ether oxygens (including phenoxy) is 1. The number of hydrogen-bond donors (Lipinski definition) is 2. The van der Waals surface area contributed by atoms with Gasteiger partial charge in [-0.3, -0.25) is 4.79 Å². The van der Waals surface area contributed by atoms with Crippen LogP contribution < -0.4 is 5.73 Å². The number of nitrogens with zero attached hydrogens (tertiary/aromatic N) is 3. The number of nitrogens with two attached hydrogens (primary N) is 1. The summed E-state index contributed by atoms with van der Waals surface area (Å²) in [5, 5.41) is 19.9. The molecule has 2 heterocycles. The van der Waals surface area contributed by atoms with Crippen LogP contribution in [0.15, 0.2) is 48.7 Å². The molecule has 1 aliphatic carbocycles. The van der Waals surface area contributed by atoms with Gasteiger partial charge in [-0.1, -0.05) is 49.6 Å². The van der Waals surface area contributed by atoms with E-state index < -0.39 is 29.6 Å². The van der Waals surface area contributed by atoms with Crippen molar-refractivity contribution < 1.29 is 23.9 Å². The molecule has 4 atom stereocenters. The maximum atomic E-state index is 13.6. The molecular formula is C26H35N4O4+. The number of piperidine rings is 1. The highest BCUT2D eigenvalue weighted by Gasteiger charge is 2.50. The first kappa shape index (κ1) is 24.3.